The van der Waals surface area contributed by atoms with E-state index in [-0.39, 0.29) is 17.8 Å². The van der Waals surface area contributed by atoms with Gasteiger partial charge in [0.25, 0.3) is 5.91 Å². The van der Waals surface area contributed by atoms with Crippen LogP contribution in [0.4, 0.5) is 10.1 Å². The van der Waals surface area contributed by atoms with E-state index in [1.807, 2.05) is 13.8 Å². The molecule has 1 aromatic carbocycles. The number of halogens is 1. The number of carbonyl (C=O) groups excluding carboxylic acids is 1. The molecule has 5 heteroatoms. The molecule has 1 unspecified atom stereocenters. The third-order valence-corrected chi connectivity index (χ3v) is 3.39. The Balaban J connectivity index is 1.99. The summed E-state index contributed by atoms with van der Waals surface area (Å²) in [5.74, 6) is -0.434. The van der Waals surface area contributed by atoms with Gasteiger partial charge in [-0.3, -0.25) is 9.78 Å². The van der Waals surface area contributed by atoms with E-state index in [9.17, 15) is 9.18 Å². The number of nitrogens with one attached hydrogen (secondary N) is 2. The molecule has 0 fully saturated rings. The first-order chi connectivity index (χ1) is 10.6. The fraction of sp³-hybridized carbons (Fsp3) is 0.294. The lowest BCUT2D eigenvalue weighted by molar-refractivity contribution is 0.0934. The molecule has 22 heavy (non-hydrogen) atoms. The van der Waals surface area contributed by atoms with Crippen molar-refractivity contribution in [3.8, 4) is 0 Å². The molecule has 1 heterocycles. The number of pyridine rings is 1. The molecule has 0 saturated heterocycles. The standard InChI is InChI=1S/C17H20FN3O/c1-3-12(2)21-17(22)16-10-15(8-9-19-16)20-11-13-4-6-14(18)7-5-13/h4-10,12H,3,11H2,1-2H3,(H,19,20)(H,21,22). The fourth-order valence-electron chi connectivity index (χ4n) is 1.87. The lowest BCUT2D eigenvalue weighted by Gasteiger charge is -2.12. The number of rotatable bonds is 6. The molecule has 0 radical (unpaired) electrons. The van der Waals surface area contributed by atoms with E-state index < -0.39 is 0 Å². The number of benzene rings is 1. The van der Waals surface area contributed by atoms with E-state index in [0.29, 0.717) is 12.2 Å². The second-order valence-electron chi connectivity index (χ2n) is 5.19. The minimum absolute atomic E-state index is 0.116. The molecule has 0 aliphatic rings. The molecule has 0 aliphatic carbocycles. The normalized spacial score (nSPS) is 11.8. The molecule has 4 nitrogen and oxygen atoms in total. The molecule has 1 amide bonds. The lowest BCUT2D eigenvalue weighted by atomic mass is 10.2. The molecule has 0 bridgehead atoms. The van der Waals surface area contributed by atoms with E-state index in [0.717, 1.165) is 17.7 Å². The van der Waals surface area contributed by atoms with Crippen molar-refractivity contribution in [1.29, 1.82) is 0 Å². The molecule has 2 N–H and O–H groups in total. The van der Waals surface area contributed by atoms with Gasteiger partial charge in [0.2, 0.25) is 0 Å². The minimum Gasteiger partial charge on any atom is -0.381 e. The van der Waals surface area contributed by atoms with Crippen molar-refractivity contribution in [2.75, 3.05) is 5.32 Å². The van der Waals surface area contributed by atoms with Gasteiger partial charge in [0.15, 0.2) is 0 Å². The Morgan fingerprint density at radius 2 is 2.00 bits per heavy atom. The summed E-state index contributed by atoms with van der Waals surface area (Å²) < 4.78 is 12.9. The van der Waals surface area contributed by atoms with Gasteiger partial charge in [0, 0.05) is 24.5 Å². The van der Waals surface area contributed by atoms with Crippen molar-refractivity contribution in [3.05, 3.63) is 59.7 Å². The SMILES string of the molecule is CCC(C)NC(=O)c1cc(NCc2ccc(F)cc2)ccn1. The maximum Gasteiger partial charge on any atom is 0.270 e. The van der Waals surface area contributed by atoms with Crippen LogP contribution in [0, 0.1) is 5.82 Å². The first kappa shape index (κ1) is 15.9. The van der Waals surface area contributed by atoms with E-state index in [1.165, 1.54) is 12.1 Å². The highest BCUT2D eigenvalue weighted by Crippen LogP contribution is 2.11. The minimum atomic E-state index is -0.253. The summed E-state index contributed by atoms with van der Waals surface area (Å²) in [6, 6.07) is 9.92. The largest absolute Gasteiger partial charge is 0.381 e. The van der Waals surface area contributed by atoms with Gasteiger partial charge in [-0.1, -0.05) is 19.1 Å². The zero-order chi connectivity index (χ0) is 15.9. The number of anilines is 1. The Kier molecular flexibility index (Phi) is 5.47. The van der Waals surface area contributed by atoms with Crippen LogP contribution < -0.4 is 10.6 Å². The molecule has 0 saturated carbocycles. The van der Waals surface area contributed by atoms with Gasteiger partial charge in [-0.05, 0) is 43.2 Å². The first-order valence-corrected chi connectivity index (χ1v) is 7.33. The quantitative estimate of drug-likeness (QED) is 0.860. The molecule has 2 rings (SSSR count). The van der Waals surface area contributed by atoms with E-state index in [2.05, 4.69) is 15.6 Å². The van der Waals surface area contributed by atoms with Crippen LogP contribution in [-0.4, -0.2) is 16.9 Å². The third kappa shape index (κ3) is 4.55. The average Bonchev–Trinajstić information content (AvgIpc) is 2.54. The van der Waals surface area contributed by atoms with Crippen LogP contribution in [0.3, 0.4) is 0 Å². The van der Waals surface area contributed by atoms with Crippen LogP contribution in [0.5, 0.6) is 0 Å². The Hall–Kier alpha value is -2.43. The van der Waals surface area contributed by atoms with Gasteiger partial charge in [-0.25, -0.2) is 4.39 Å². The van der Waals surface area contributed by atoms with Crippen molar-refractivity contribution in [2.45, 2.75) is 32.9 Å². The molecule has 0 spiro atoms. The summed E-state index contributed by atoms with van der Waals surface area (Å²) in [5.41, 5.74) is 2.14. The van der Waals surface area contributed by atoms with Crippen LogP contribution in [0.2, 0.25) is 0 Å². The third-order valence-electron chi connectivity index (χ3n) is 3.39. The highest BCUT2D eigenvalue weighted by molar-refractivity contribution is 5.93. The molecule has 1 aromatic heterocycles. The molecule has 116 valence electrons. The number of hydrogen-bond donors (Lipinski definition) is 2. The molecular formula is C17H20FN3O. The van der Waals surface area contributed by atoms with E-state index in [1.54, 1.807) is 30.5 Å². The Morgan fingerprint density at radius 3 is 2.68 bits per heavy atom. The summed E-state index contributed by atoms with van der Waals surface area (Å²) >= 11 is 0. The van der Waals surface area contributed by atoms with E-state index in [4.69, 9.17) is 0 Å². The lowest BCUT2D eigenvalue weighted by Crippen LogP contribution is -2.32. The van der Waals surface area contributed by atoms with Gasteiger partial charge >= 0.3 is 0 Å². The monoisotopic (exact) mass is 301 g/mol. The summed E-state index contributed by atoms with van der Waals surface area (Å²) in [7, 11) is 0. The van der Waals surface area contributed by atoms with Crippen LogP contribution >= 0.6 is 0 Å². The number of nitrogens with zero attached hydrogens (tertiary/aromatic N) is 1. The summed E-state index contributed by atoms with van der Waals surface area (Å²) in [5, 5.41) is 6.08. The second-order valence-corrected chi connectivity index (χ2v) is 5.19. The number of hydrogen-bond acceptors (Lipinski definition) is 3. The van der Waals surface area contributed by atoms with Crippen molar-refractivity contribution < 1.29 is 9.18 Å². The second kappa shape index (κ2) is 7.54. The Morgan fingerprint density at radius 1 is 1.27 bits per heavy atom. The van der Waals surface area contributed by atoms with Gasteiger partial charge in [0.1, 0.15) is 11.5 Å². The number of carbonyl (C=O) groups is 1. The topological polar surface area (TPSA) is 54.0 Å². The van der Waals surface area contributed by atoms with Crippen LogP contribution in [0.15, 0.2) is 42.6 Å². The molecule has 0 aliphatic heterocycles. The molecular weight excluding hydrogens is 281 g/mol. The van der Waals surface area contributed by atoms with Gasteiger partial charge in [0.05, 0.1) is 0 Å². The smallest absolute Gasteiger partial charge is 0.270 e. The van der Waals surface area contributed by atoms with Crippen LogP contribution in [0.1, 0.15) is 36.3 Å². The van der Waals surface area contributed by atoms with Crippen molar-refractivity contribution in [3.63, 3.8) is 0 Å². The number of amides is 1. The van der Waals surface area contributed by atoms with Crippen molar-refractivity contribution in [1.82, 2.24) is 10.3 Å². The predicted molar refractivity (Wildman–Crippen MR) is 85.2 cm³/mol. The fourth-order valence-corrected chi connectivity index (χ4v) is 1.87. The highest BCUT2D eigenvalue weighted by Gasteiger charge is 2.10. The molecule has 1 atom stereocenters. The predicted octanol–water partition coefficient (Wildman–Crippen LogP) is 3.36. The average molecular weight is 301 g/mol. The maximum atomic E-state index is 12.9. The van der Waals surface area contributed by atoms with Gasteiger partial charge < -0.3 is 10.6 Å². The summed E-state index contributed by atoms with van der Waals surface area (Å²) in [6.45, 7) is 4.52. The first-order valence-electron chi connectivity index (χ1n) is 7.33. The van der Waals surface area contributed by atoms with Crippen LogP contribution in [0.25, 0.3) is 0 Å². The van der Waals surface area contributed by atoms with Crippen molar-refractivity contribution >= 4 is 11.6 Å². The highest BCUT2D eigenvalue weighted by atomic mass is 19.1. The Labute approximate surface area is 129 Å². The van der Waals surface area contributed by atoms with Gasteiger partial charge in [-0.2, -0.15) is 0 Å². The van der Waals surface area contributed by atoms with E-state index >= 15 is 0 Å². The maximum absolute atomic E-state index is 12.9. The zero-order valence-corrected chi connectivity index (χ0v) is 12.8. The van der Waals surface area contributed by atoms with Gasteiger partial charge in [-0.15, -0.1) is 0 Å². The summed E-state index contributed by atoms with van der Waals surface area (Å²) in [4.78, 5) is 16.1. The summed E-state index contributed by atoms with van der Waals surface area (Å²) in [6.07, 6.45) is 2.47. The van der Waals surface area contributed by atoms with Crippen molar-refractivity contribution in [2.24, 2.45) is 0 Å². The molecule has 2 aromatic rings. The Bertz CT molecular complexity index is 628. The zero-order valence-electron chi connectivity index (χ0n) is 12.8. The van der Waals surface area contributed by atoms with Crippen LogP contribution in [-0.2, 0) is 6.54 Å². The number of aromatic nitrogens is 1.